The van der Waals surface area contributed by atoms with Crippen LogP contribution in [-0.2, 0) is 0 Å². The summed E-state index contributed by atoms with van der Waals surface area (Å²) in [7, 11) is 0. The standard InChI is InChI=1S/C14H16N2O3/c1-9-3-2-4-16(7-9)14(17)10-5-12-13(6-11(10)15)19-8-18-12/h3,5-6H,2,4,7-8,15H2,1H3. The van der Waals surface area contributed by atoms with Crippen molar-refractivity contribution in [3.05, 3.63) is 29.3 Å². The van der Waals surface area contributed by atoms with Crippen LogP contribution in [0.15, 0.2) is 23.8 Å². The van der Waals surface area contributed by atoms with Crippen molar-refractivity contribution in [2.24, 2.45) is 0 Å². The van der Waals surface area contributed by atoms with Crippen molar-refractivity contribution in [3.8, 4) is 11.5 Å². The van der Waals surface area contributed by atoms with Crippen LogP contribution in [0.25, 0.3) is 0 Å². The molecule has 2 N–H and O–H groups in total. The maximum atomic E-state index is 12.5. The minimum Gasteiger partial charge on any atom is -0.454 e. The molecule has 1 aromatic carbocycles. The van der Waals surface area contributed by atoms with Gasteiger partial charge in [0.1, 0.15) is 0 Å². The van der Waals surface area contributed by atoms with Crippen LogP contribution in [0.4, 0.5) is 5.69 Å². The molecule has 0 saturated carbocycles. The zero-order chi connectivity index (χ0) is 13.4. The Hall–Kier alpha value is -2.17. The Balaban J connectivity index is 1.90. The summed E-state index contributed by atoms with van der Waals surface area (Å²) in [5, 5.41) is 0. The fourth-order valence-electron chi connectivity index (χ4n) is 2.40. The van der Waals surface area contributed by atoms with E-state index >= 15 is 0 Å². The largest absolute Gasteiger partial charge is 0.454 e. The Morgan fingerprint density at radius 2 is 2.05 bits per heavy atom. The lowest BCUT2D eigenvalue weighted by Crippen LogP contribution is -2.35. The molecule has 2 heterocycles. The van der Waals surface area contributed by atoms with E-state index in [1.54, 1.807) is 12.1 Å². The van der Waals surface area contributed by atoms with Crippen molar-refractivity contribution in [3.63, 3.8) is 0 Å². The molecule has 0 saturated heterocycles. The molecule has 0 aromatic heterocycles. The van der Waals surface area contributed by atoms with E-state index in [0.29, 0.717) is 29.3 Å². The van der Waals surface area contributed by atoms with Crippen LogP contribution in [0, 0.1) is 0 Å². The third-order valence-electron chi connectivity index (χ3n) is 3.39. The molecule has 0 atom stereocenters. The molecule has 1 amide bonds. The van der Waals surface area contributed by atoms with Crippen LogP contribution in [0.2, 0.25) is 0 Å². The van der Waals surface area contributed by atoms with Crippen LogP contribution < -0.4 is 15.2 Å². The van der Waals surface area contributed by atoms with E-state index < -0.39 is 0 Å². The van der Waals surface area contributed by atoms with Crippen molar-refractivity contribution in [1.82, 2.24) is 4.90 Å². The third-order valence-corrected chi connectivity index (χ3v) is 3.39. The number of fused-ring (bicyclic) bond motifs is 1. The quantitative estimate of drug-likeness (QED) is 0.617. The number of benzene rings is 1. The smallest absolute Gasteiger partial charge is 0.256 e. The number of hydrogen-bond acceptors (Lipinski definition) is 4. The van der Waals surface area contributed by atoms with E-state index in [4.69, 9.17) is 15.2 Å². The highest BCUT2D eigenvalue weighted by atomic mass is 16.7. The predicted molar refractivity (Wildman–Crippen MR) is 71.3 cm³/mol. The first kappa shape index (κ1) is 11.9. The van der Waals surface area contributed by atoms with E-state index in [9.17, 15) is 4.79 Å². The number of ether oxygens (including phenoxy) is 2. The molecule has 1 aromatic rings. The van der Waals surface area contributed by atoms with Crippen LogP contribution in [-0.4, -0.2) is 30.7 Å². The third kappa shape index (κ3) is 2.12. The van der Waals surface area contributed by atoms with Gasteiger partial charge < -0.3 is 20.1 Å². The van der Waals surface area contributed by atoms with Crippen molar-refractivity contribution in [1.29, 1.82) is 0 Å². The monoisotopic (exact) mass is 260 g/mol. The Morgan fingerprint density at radius 3 is 2.79 bits per heavy atom. The number of nitrogens with two attached hydrogens (primary N) is 1. The molecular weight excluding hydrogens is 244 g/mol. The number of nitrogens with zero attached hydrogens (tertiary/aromatic N) is 1. The van der Waals surface area contributed by atoms with E-state index in [1.807, 2.05) is 11.8 Å². The molecule has 5 heteroatoms. The second kappa shape index (κ2) is 4.50. The summed E-state index contributed by atoms with van der Waals surface area (Å²) in [5.41, 5.74) is 8.06. The van der Waals surface area contributed by atoms with Crippen molar-refractivity contribution >= 4 is 11.6 Å². The van der Waals surface area contributed by atoms with Crippen molar-refractivity contribution in [2.45, 2.75) is 13.3 Å². The Kier molecular flexibility index (Phi) is 2.81. The Bertz CT molecular complexity index is 566. The average Bonchev–Trinajstić information content (AvgIpc) is 2.84. The number of carbonyl (C=O) groups excluding carboxylic acids is 1. The highest BCUT2D eigenvalue weighted by Crippen LogP contribution is 2.36. The second-order valence-corrected chi connectivity index (χ2v) is 4.86. The minimum atomic E-state index is -0.0525. The number of carbonyl (C=O) groups is 1. The fourth-order valence-corrected chi connectivity index (χ4v) is 2.40. The van der Waals surface area contributed by atoms with E-state index in [-0.39, 0.29) is 12.7 Å². The summed E-state index contributed by atoms with van der Waals surface area (Å²) in [6.45, 7) is 3.59. The zero-order valence-electron chi connectivity index (χ0n) is 10.8. The van der Waals surface area contributed by atoms with Gasteiger partial charge in [-0.05, 0) is 19.4 Å². The first-order valence-corrected chi connectivity index (χ1v) is 6.29. The van der Waals surface area contributed by atoms with Gasteiger partial charge in [0.2, 0.25) is 6.79 Å². The molecule has 5 nitrogen and oxygen atoms in total. The van der Waals surface area contributed by atoms with Gasteiger partial charge in [-0.15, -0.1) is 0 Å². The van der Waals surface area contributed by atoms with Gasteiger partial charge in [-0.3, -0.25) is 4.79 Å². The van der Waals surface area contributed by atoms with Crippen LogP contribution in [0.1, 0.15) is 23.7 Å². The molecule has 0 fully saturated rings. The Morgan fingerprint density at radius 1 is 1.32 bits per heavy atom. The summed E-state index contributed by atoms with van der Waals surface area (Å²) in [6.07, 6.45) is 3.05. The molecular formula is C14H16N2O3. The molecule has 19 heavy (non-hydrogen) atoms. The lowest BCUT2D eigenvalue weighted by Gasteiger charge is -2.26. The van der Waals surface area contributed by atoms with Gasteiger partial charge in [0, 0.05) is 24.8 Å². The van der Waals surface area contributed by atoms with Crippen molar-refractivity contribution in [2.75, 3.05) is 25.6 Å². The number of anilines is 1. The van der Waals surface area contributed by atoms with Gasteiger partial charge >= 0.3 is 0 Å². The molecule has 0 spiro atoms. The van der Waals surface area contributed by atoms with Gasteiger partial charge in [-0.25, -0.2) is 0 Å². The van der Waals surface area contributed by atoms with Gasteiger partial charge in [-0.2, -0.15) is 0 Å². The van der Waals surface area contributed by atoms with Gasteiger partial charge in [0.05, 0.1) is 5.56 Å². The van der Waals surface area contributed by atoms with Crippen LogP contribution >= 0.6 is 0 Å². The molecule has 0 radical (unpaired) electrons. The number of rotatable bonds is 1. The topological polar surface area (TPSA) is 64.8 Å². The Labute approximate surface area is 111 Å². The average molecular weight is 260 g/mol. The van der Waals surface area contributed by atoms with Gasteiger partial charge in [0.25, 0.3) is 5.91 Å². The first-order valence-electron chi connectivity index (χ1n) is 6.29. The highest BCUT2D eigenvalue weighted by molar-refractivity contribution is 6.00. The van der Waals surface area contributed by atoms with Crippen molar-refractivity contribution < 1.29 is 14.3 Å². The summed E-state index contributed by atoms with van der Waals surface area (Å²) in [6, 6.07) is 3.33. The normalized spacial score (nSPS) is 17.3. The zero-order valence-corrected chi connectivity index (χ0v) is 10.8. The molecule has 0 unspecified atom stereocenters. The van der Waals surface area contributed by atoms with Gasteiger partial charge in [-0.1, -0.05) is 11.6 Å². The number of nitrogen functional groups attached to an aromatic ring is 1. The van der Waals surface area contributed by atoms with Gasteiger partial charge in [0.15, 0.2) is 11.5 Å². The number of amides is 1. The second-order valence-electron chi connectivity index (χ2n) is 4.86. The SMILES string of the molecule is CC1=CCCN(C(=O)c2cc3c(cc2N)OCO3)C1. The summed E-state index contributed by atoms with van der Waals surface area (Å²) in [4.78, 5) is 14.3. The maximum absolute atomic E-state index is 12.5. The molecule has 100 valence electrons. The lowest BCUT2D eigenvalue weighted by molar-refractivity contribution is 0.0766. The van der Waals surface area contributed by atoms with E-state index in [1.165, 1.54) is 5.57 Å². The van der Waals surface area contributed by atoms with Crippen LogP contribution in [0.3, 0.4) is 0 Å². The maximum Gasteiger partial charge on any atom is 0.256 e. The number of hydrogen-bond donors (Lipinski definition) is 1. The highest BCUT2D eigenvalue weighted by Gasteiger charge is 2.24. The summed E-state index contributed by atoms with van der Waals surface area (Å²) in [5.74, 6) is 1.13. The van der Waals surface area contributed by atoms with E-state index in [0.717, 1.165) is 13.0 Å². The predicted octanol–water partition coefficient (Wildman–Crippen LogP) is 1.79. The fraction of sp³-hybridized carbons (Fsp3) is 0.357. The lowest BCUT2D eigenvalue weighted by atomic mass is 10.1. The molecule has 0 bridgehead atoms. The summed E-state index contributed by atoms with van der Waals surface area (Å²) >= 11 is 0. The van der Waals surface area contributed by atoms with Crippen LogP contribution in [0.5, 0.6) is 11.5 Å². The first-order chi connectivity index (χ1) is 9.15. The summed E-state index contributed by atoms with van der Waals surface area (Å²) < 4.78 is 10.5. The van der Waals surface area contributed by atoms with E-state index in [2.05, 4.69) is 6.08 Å². The molecule has 0 aliphatic carbocycles. The molecule has 3 rings (SSSR count). The molecule has 2 aliphatic heterocycles. The molecule has 2 aliphatic rings. The minimum absolute atomic E-state index is 0.0525.